The predicted molar refractivity (Wildman–Crippen MR) is 74.2 cm³/mol. The highest BCUT2D eigenvalue weighted by atomic mass is 16.3. The SMILES string of the molecule is O=c1c2ccccc2oc2ccccc12.c1nnn[nH]1. The topological polar surface area (TPSA) is 84.7 Å². The summed E-state index contributed by atoms with van der Waals surface area (Å²) in [7, 11) is 0. The third-order valence-electron chi connectivity index (χ3n) is 2.75. The average molecular weight is 266 g/mol. The number of nitrogens with one attached hydrogen (secondary N) is 1. The molecule has 1 N–H and O–H groups in total. The second-order valence-electron chi connectivity index (χ2n) is 3.99. The molecule has 4 rings (SSSR count). The highest BCUT2D eigenvalue weighted by Gasteiger charge is 2.04. The quantitative estimate of drug-likeness (QED) is 0.493. The van der Waals surface area contributed by atoms with Crippen LogP contribution in [0.15, 0.2) is 64.1 Å². The Kier molecular flexibility index (Phi) is 3.20. The van der Waals surface area contributed by atoms with E-state index in [0.717, 1.165) is 0 Å². The van der Waals surface area contributed by atoms with Crippen molar-refractivity contribution < 1.29 is 4.42 Å². The standard InChI is InChI=1S/C13H8O2.CH2N4/c14-13-9-5-1-3-7-11(9)15-12-8-4-2-6-10(12)13;1-2-4-5-3-1/h1-8H;1H,(H,2,3,4,5). The van der Waals surface area contributed by atoms with Crippen molar-refractivity contribution in [3.05, 3.63) is 65.1 Å². The number of fused-ring (bicyclic) bond motifs is 2. The Bertz CT molecular complexity index is 810. The lowest BCUT2D eigenvalue weighted by molar-refractivity contribution is 0.660. The van der Waals surface area contributed by atoms with Gasteiger partial charge in [-0.1, -0.05) is 24.3 Å². The monoisotopic (exact) mass is 266 g/mol. The van der Waals surface area contributed by atoms with Gasteiger partial charge in [0, 0.05) is 0 Å². The van der Waals surface area contributed by atoms with Crippen LogP contribution in [0.1, 0.15) is 0 Å². The summed E-state index contributed by atoms with van der Waals surface area (Å²) in [5, 5.41) is 13.4. The Labute approximate surface area is 113 Å². The summed E-state index contributed by atoms with van der Waals surface area (Å²) in [6.45, 7) is 0. The van der Waals surface area contributed by atoms with Gasteiger partial charge in [0.15, 0.2) is 0 Å². The first kappa shape index (κ1) is 12.0. The maximum absolute atomic E-state index is 12.0. The zero-order valence-electron chi connectivity index (χ0n) is 10.4. The van der Waals surface area contributed by atoms with Crippen LogP contribution < -0.4 is 5.43 Å². The van der Waals surface area contributed by atoms with Crippen LogP contribution in [-0.4, -0.2) is 20.6 Å². The minimum Gasteiger partial charge on any atom is -0.456 e. The largest absolute Gasteiger partial charge is 0.456 e. The van der Waals surface area contributed by atoms with E-state index >= 15 is 0 Å². The van der Waals surface area contributed by atoms with Crippen LogP contribution in [0.2, 0.25) is 0 Å². The number of para-hydroxylation sites is 2. The molecule has 6 nitrogen and oxygen atoms in total. The molecule has 0 atom stereocenters. The van der Waals surface area contributed by atoms with E-state index in [9.17, 15) is 4.79 Å². The minimum absolute atomic E-state index is 0.0347. The molecule has 2 aromatic heterocycles. The van der Waals surface area contributed by atoms with Crippen molar-refractivity contribution >= 4 is 21.9 Å². The van der Waals surface area contributed by atoms with Crippen LogP contribution in [-0.2, 0) is 0 Å². The molecule has 2 aromatic carbocycles. The van der Waals surface area contributed by atoms with Gasteiger partial charge < -0.3 is 4.42 Å². The van der Waals surface area contributed by atoms with E-state index in [4.69, 9.17) is 4.42 Å². The fourth-order valence-electron chi connectivity index (χ4n) is 1.88. The maximum atomic E-state index is 12.0. The summed E-state index contributed by atoms with van der Waals surface area (Å²) >= 11 is 0. The smallest absolute Gasteiger partial charge is 0.200 e. The summed E-state index contributed by atoms with van der Waals surface area (Å²) in [5.74, 6) is 0. The lowest BCUT2D eigenvalue weighted by atomic mass is 10.1. The van der Waals surface area contributed by atoms with Crippen LogP contribution in [0.25, 0.3) is 21.9 Å². The molecule has 98 valence electrons. The Hall–Kier alpha value is -3.02. The lowest BCUT2D eigenvalue weighted by Gasteiger charge is -1.99. The van der Waals surface area contributed by atoms with Gasteiger partial charge in [0.2, 0.25) is 5.43 Å². The van der Waals surface area contributed by atoms with Gasteiger partial charge in [-0.05, 0) is 34.7 Å². The fourth-order valence-corrected chi connectivity index (χ4v) is 1.88. The number of H-pyrrole nitrogens is 1. The number of aromatic amines is 1. The number of nitrogens with zero attached hydrogens (tertiary/aromatic N) is 3. The van der Waals surface area contributed by atoms with Gasteiger partial charge in [-0.15, -0.1) is 5.10 Å². The molecule has 0 saturated carbocycles. The van der Waals surface area contributed by atoms with Crippen molar-refractivity contribution in [3.63, 3.8) is 0 Å². The third kappa shape index (κ3) is 2.26. The van der Waals surface area contributed by atoms with E-state index < -0.39 is 0 Å². The number of hydrogen-bond donors (Lipinski definition) is 1. The van der Waals surface area contributed by atoms with Crippen molar-refractivity contribution in [1.82, 2.24) is 20.6 Å². The molecule has 4 aromatic rings. The zero-order valence-corrected chi connectivity index (χ0v) is 10.4. The first-order chi connectivity index (χ1) is 9.86. The molecule has 0 saturated heterocycles. The molecule has 0 unspecified atom stereocenters. The second-order valence-corrected chi connectivity index (χ2v) is 3.99. The van der Waals surface area contributed by atoms with E-state index in [1.165, 1.54) is 6.33 Å². The molecule has 0 bridgehead atoms. The third-order valence-corrected chi connectivity index (χ3v) is 2.75. The van der Waals surface area contributed by atoms with Gasteiger partial charge in [0.1, 0.15) is 17.5 Å². The van der Waals surface area contributed by atoms with Gasteiger partial charge in [0.25, 0.3) is 0 Å². The van der Waals surface area contributed by atoms with Crippen LogP contribution in [0, 0.1) is 0 Å². The summed E-state index contributed by atoms with van der Waals surface area (Å²) < 4.78 is 5.63. The number of rotatable bonds is 0. The van der Waals surface area contributed by atoms with E-state index in [-0.39, 0.29) is 5.43 Å². The summed E-state index contributed by atoms with van der Waals surface area (Å²) in [6, 6.07) is 14.6. The molecule has 0 amide bonds. The summed E-state index contributed by atoms with van der Waals surface area (Å²) in [5.41, 5.74) is 1.31. The van der Waals surface area contributed by atoms with Gasteiger partial charge in [-0.25, -0.2) is 5.10 Å². The predicted octanol–water partition coefficient (Wildman–Crippen LogP) is 2.15. The van der Waals surface area contributed by atoms with Crippen LogP contribution in [0.3, 0.4) is 0 Å². The van der Waals surface area contributed by atoms with E-state index in [0.29, 0.717) is 21.9 Å². The Balaban J connectivity index is 0.000000205. The summed E-state index contributed by atoms with van der Waals surface area (Å²) in [4.78, 5) is 12.0. The molecule has 0 radical (unpaired) electrons. The Morgan fingerprint density at radius 2 is 1.50 bits per heavy atom. The van der Waals surface area contributed by atoms with Crippen LogP contribution >= 0.6 is 0 Å². The Morgan fingerprint density at radius 3 is 1.95 bits per heavy atom. The normalized spacial score (nSPS) is 10.2. The van der Waals surface area contributed by atoms with Gasteiger partial charge in [-0.3, -0.25) is 4.79 Å². The van der Waals surface area contributed by atoms with Crippen LogP contribution in [0.4, 0.5) is 0 Å². The van der Waals surface area contributed by atoms with Gasteiger partial charge in [-0.2, -0.15) is 0 Å². The van der Waals surface area contributed by atoms with Crippen molar-refractivity contribution in [3.8, 4) is 0 Å². The van der Waals surface area contributed by atoms with Gasteiger partial charge >= 0.3 is 0 Å². The number of aromatic nitrogens is 4. The van der Waals surface area contributed by atoms with E-state index in [1.54, 1.807) is 12.1 Å². The van der Waals surface area contributed by atoms with Crippen molar-refractivity contribution in [2.24, 2.45) is 0 Å². The average Bonchev–Trinajstić information content (AvgIpc) is 3.07. The minimum atomic E-state index is 0.0347. The highest BCUT2D eigenvalue weighted by Crippen LogP contribution is 2.17. The molecule has 0 aliphatic rings. The highest BCUT2D eigenvalue weighted by molar-refractivity contribution is 5.89. The molecule has 0 fully saturated rings. The molecular weight excluding hydrogens is 256 g/mol. The number of benzene rings is 2. The lowest BCUT2D eigenvalue weighted by Crippen LogP contribution is -2.01. The number of hydrogen-bond acceptors (Lipinski definition) is 5. The summed E-state index contributed by atoms with van der Waals surface area (Å²) in [6.07, 6.45) is 1.40. The van der Waals surface area contributed by atoms with Crippen LogP contribution in [0.5, 0.6) is 0 Å². The number of tetrazole rings is 1. The van der Waals surface area contributed by atoms with Crippen molar-refractivity contribution in [1.29, 1.82) is 0 Å². The molecule has 0 aliphatic heterocycles. The first-order valence-electron chi connectivity index (χ1n) is 5.94. The Morgan fingerprint density at radius 1 is 0.900 bits per heavy atom. The fraction of sp³-hybridized carbons (Fsp3) is 0. The molecule has 6 heteroatoms. The second kappa shape index (κ2) is 5.31. The zero-order chi connectivity index (χ0) is 13.8. The van der Waals surface area contributed by atoms with E-state index in [1.807, 2.05) is 36.4 Å². The van der Waals surface area contributed by atoms with Gasteiger partial charge in [0.05, 0.1) is 10.8 Å². The maximum Gasteiger partial charge on any atom is 0.200 e. The molecular formula is C14H10N4O2. The van der Waals surface area contributed by atoms with Crippen molar-refractivity contribution in [2.45, 2.75) is 0 Å². The first-order valence-corrected chi connectivity index (χ1v) is 5.94. The molecule has 2 heterocycles. The van der Waals surface area contributed by atoms with E-state index in [2.05, 4.69) is 20.6 Å². The molecule has 0 spiro atoms. The molecule has 20 heavy (non-hydrogen) atoms. The van der Waals surface area contributed by atoms with Crippen molar-refractivity contribution in [2.75, 3.05) is 0 Å². The molecule has 0 aliphatic carbocycles.